The van der Waals surface area contributed by atoms with Gasteiger partial charge in [-0.1, -0.05) is 47.1 Å². The molecule has 2 aromatic rings. The Morgan fingerprint density at radius 2 is 1.91 bits per heavy atom. The number of halogens is 1. The third-order valence-electron chi connectivity index (χ3n) is 3.58. The van der Waals surface area contributed by atoms with Gasteiger partial charge < -0.3 is 5.32 Å². The van der Waals surface area contributed by atoms with Gasteiger partial charge in [-0.25, -0.2) is 0 Å². The number of nitrogens with one attached hydrogen (secondary N) is 2. The third-order valence-corrected chi connectivity index (χ3v) is 4.26. The van der Waals surface area contributed by atoms with Crippen LogP contribution in [0.1, 0.15) is 29.2 Å². The lowest BCUT2D eigenvalue weighted by atomic mass is 10.1. The van der Waals surface area contributed by atoms with E-state index in [1.165, 1.54) is 5.56 Å². The number of rotatable bonds is 4. The number of benzene rings is 2. The molecule has 0 fully saturated rings. The molecule has 3 nitrogen and oxygen atoms in total. The highest BCUT2D eigenvalue weighted by Gasteiger charge is 2.03. The van der Waals surface area contributed by atoms with Gasteiger partial charge in [0, 0.05) is 10.2 Å². The minimum Gasteiger partial charge on any atom is -0.331 e. The number of aryl methyl sites for hydroxylation is 3. The topological polar surface area (TPSA) is 36.4 Å². The van der Waals surface area contributed by atoms with Gasteiger partial charge in [0.1, 0.15) is 0 Å². The zero-order chi connectivity index (χ0) is 16.8. The van der Waals surface area contributed by atoms with Crippen LogP contribution in [-0.4, -0.2) is 11.3 Å². The number of para-hydroxylation sites is 1. The molecule has 0 aliphatic heterocycles. The molecule has 0 aliphatic carbocycles. The molecule has 2 N–H and O–H groups in total. The van der Waals surface area contributed by atoms with Crippen molar-refractivity contribution in [1.29, 1.82) is 0 Å². The van der Waals surface area contributed by atoms with Gasteiger partial charge in [0.15, 0.2) is 5.11 Å². The molecule has 0 aromatic heterocycles. The molecule has 0 heterocycles. The van der Waals surface area contributed by atoms with E-state index < -0.39 is 0 Å². The molecule has 0 radical (unpaired) electrons. The number of hydrazone groups is 1. The van der Waals surface area contributed by atoms with E-state index in [2.05, 4.69) is 70.7 Å². The predicted octanol–water partition coefficient (Wildman–Crippen LogP) is 4.95. The quantitative estimate of drug-likeness (QED) is 0.441. The van der Waals surface area contributed by atoms with Crippen LogP contribution in [0.15, 0.2) is 46.0 Å². The van der Waals surface area contributed by atoms with Crippen LogP contribution in [0.4, 0.5) is 5.69 Å². The van der Waals surface area contributed by atoms with Gasteiger partial charge in [0.05, 0.1) is 6.21 Å². The summed E-state index contributed by atoms with van der Waals surface area (Å²) in [5.74, 6) is 0. The fourth-order valence-electron chi connectivity index (χ4n) is 2.32. The summed E-state index contributed by atoms with van der Waals surface area (Å²) in [7, 11) is 0. The smallest absolute Gasteiger partial charge is 0.191 e. The van der Waals surface area contributed by atoms with Crippen LogP contribution in [0, 0.1) is 13.8 Å². The van der Waals surface area contributed by atoms with Crippen LogP contribution in [-0.2, 0) is 6.42 Å². The fraction of sp³-hybridized carbons (Fsp3) is 0.222. The molecule has 0 saturated heterocycles. The Kier molecular flexibility index (Phi) is 6.30. The SMILES string of the molecule is CCc1cc(Br)ccc1/C=N/NC(=S)Nc1c(C)cccc1C. The van der Waals surface area contributed by atoms with Gasteiger partial charge in [-0.3, -0.25) is 5.43 Å². The zero-order valence-electron chi connectivity index (χ0n) is 13.5. The van der Waals surface area contributed by atoms with E-state index in [1.807, 2.05) is 18.2 Å². The summed E-state index contributed by atoms with van der Waals surface area (Å²) in [5.41, 5.74) is 8.52. The summed E-state index contributed by atoms with van der Waals surface area (Å²) in [6.45, 7) is 6.23. The number of anilines is 1. The molecule has 0 saturated carbocycles. The van der Waals surface area contributed by atoms with Crippen molar-refractivity contribution in [2.45, 2.75) is 27.2 Å². The van der Waals surface area contributed by atoms with Crippen molar-refractivity contribution in [2.75, 3.05) is 5.32 Å². The maximum atomic E-state index is 5.31. The molecular weight excluding hydrogens is 370 g/mol. The maximum Gasteiger partial charge on any atom is 0.191 e. The van der Waals surface area contributed by atoms with Crippen molar-refractivity contribution in [2.24, 2.45) is 5.10 Å². The standard InChI is InChI=1S/C18H20BrN3S/c1-4-14-10-16(19)9-8-15(14)11-20-22-18(23)21-17-12(2)6-5-7-13(17)3/h5-11H,4H2,1-3H3,(H2,21,22,23)/b20-11+. The van der Waals surface area contributed by atoms with E-state index in [1.54, 1.807) is 6.21 Å². The summed E-state index contributed by atoms with van der Waals surface area (Å²) in [4.78, 5) is 0. The minimum atomic E-state index is 0.480. The molecule has 120 valence electrons. The molecule has 5 heteroatoms. The fourth-order valence-corrected chi connectivity index (χ4v) is 2.88. The van der Waals surface area contributed by atoms with Crippen molar-refractivity contribution in [3.63, 3.8) is 0 Å². The highest BCUT2D eigenvalue weighted by atomic mass is 79.9. The van der Waals surface area contributed by atoms with Crippen LogP contribution in [0.2, 0.25) is 0 Å². The predicted molar refractivity (Wildman–Crippen MR) is 106 cm³/mol. The summed E-state index contributed by atoms with van der Waals surface area (Å²) >= 11 is 8.80. The summed E-state index contributed by atoms with van der Waals surface area (Å²) in [6, 6.07) is 12.3. The summed E-state index contributed by atoms with van der Waals surface area (Å²) in [6.07, 6.45) is 2.75. The highest BCUT2D eigenvalue weighted by molar-refractivity contribution is 9.10. The van der Waals surface area contributed by atoms with Crippen LogP contribution in [0.25, 0.3) is 0 Å². The van der Waals surface area contributed by atoms with Gasteiger partial charge in [-0.2, -0.15) is 5.10 Å². The van der Waals surface area contributed by atoms with Crippen molar-refractivity contribution < 1.29 is 0 Å². The average Bonchev–Trinajstić information content (AvgIpc) is 2.52. The first-order valence-corrected chi connectivity index (χ1v) is 8.66. The van der Waals surface area contributed by atoms with Gasteiger partial charge in [0.25, 0.3) is 0 Å². The van der Waals surface area contributed by atoms with E-state index in [-0.39, 0.29) is 0 Å². The molecule has 2 rings (SSSR count). The lowest BCUT2D eigenvalue weighted by Gasteiger charge is -2.12. The normalized spacial score (nSPS) is 10.8. The van der Waals surface area contributed by atoms with E-state index in [0.29, 0.717) is 5.11 Å². The molecule has 23 heavy (non-hydrogen) atoms. The Hall–Kier alpha value is -1.72. The number of nitrogens with zero attached hydrogens (tertiary/aromatic N) is 1. The molecule has 0 bridgehead atoms. The van der Waals surface area contributed by atoms with Crippen molar-refractivity contribution in [3.05, 3.63) is 63.1 Å². The van der Waals surface area contributed by atoms with E-state index >= 15 is 0 Å². The molecule has 0 unspecified atom stereocenters. The summed E-state index contributed by atoms with van der Waals surface area (Å²) < 4.78 is 1.08. The third kappa shape index (κ3) is 4.88. The van der Waals surface area contributed by atoms with E-state index in [4.69, 9.17) is 12.2 Å². The van der Waals surface area contributed by atoms with Crippen LogP contribution < -0.4 is 10.7 Å². The monoisotopic (exact) mass is 389 g/mol. The first-order chi connectivity index (χ1) is 11.0. The Morgan fingerprint density at radius 1 is 1.22 bits per heavy atom. The highest BCUT2D eigenvalue weighted by Crippen LogP contribution is 2.19. The van der Waals surface area contributed by atoms with Crippen LogP contribution in [0.5, 0.6) is 0 Å². The minimum absolute atomic E-state index is 0.480. The van der Waals surface area contributed by atoms with Gasteiger partial charge in [-0.05, 0) is 66.9 Å². The second kappa shape index (κ2) is 8.22. The maximum absolute atomic E-state index is 5.31. The summed E-state index contributed by atoms with van der Waals surface area (Å²) in [5, 5.41) is 7.92. The Bertz CT molecular complexity index is 721. The first-order valence-electron chi connectivity index (χ1n) is 7.46. The van der Waals surface area contributed by atoms with Gasteiger partial charge in [0.2, 0.25) is 0 Å². The molecule has 0 aliphatic rings. The largest absolute Gasteiger partial charge is 0.331 e. The molecule has 0 amide bonds. The average molecular weight is 390 g/mol. The molecule has 2 aromatic carbocycles. The lowest BCUT2D eigenvalue weighted by molar-refractivity contribution is 1.05. The molecule has 0 atom stereocenters. The van der Waals surface area contributed by atoms with Crippen molar-refractivity contribution in [3.8, 4) is 0 Å². The second-order valence-corrected chi connectivity index (χ2v) is 6.61. The molecule has 0 spiro atoms. The van der Waals surface area contributed by atoms with Crippen LogP contribution >= 0.6 is 28.1 Å². The molecular formula is C18H20BrN3S. The van der Waals surface area contributed by atoms with Gasteiger partial charge in [-0.15, -0.1) is 0 Å². The first kappa shape index (κ1) is 17.6. The lowest BCUT2D eigenvalue weighted by Crippen LogP contribution is -2.24. The van der Waals surface area contributed by atoms with Crippen molar-refractivity contribution in [1.82, 2.24) is 5.43 Å². The van der Waals surface area contributed by atoms with Crippen LogP contribution in [0.3, 0.4) is 0 Å². The Labute approximate surface area is 151 Å². The zero-order valence-corrected chi connectivity index (χ0v) is 15.9. The van der Waals surface area contributed by atoms with E-state index in [9.17, 15) is 0 Å². The number of thiocarbonyl (C=S) groups is 1. The van der Waals surface area contributed by atoms with Gasteiger partial charge >= 0.3 is 0 Å². The van der Waals surface area contributed by atoms with Crippen molar-refractivity contribution >= 4 is 45.2 Å². The van der Waals surface area contributed by atoms with E-state index in [0.717, 1.165) is 33.3 Å². The second-order valence-electron chi connectivity index (χ2n) is 5.29. The number of hydrogen-bond acceptors (Lipinski definition) is 2. The number of hydrogen-bond donors (Lipinski definition) is 2. The Morgan fingerprint density at radius 3 is 2.57 bits per heavy atom. The Balaban J connectivity index is 2.02.